The highest BCUT2D eigenvalue weighted by Gasteiger charge is 2.44. The van der Waals surface area contributed by atoms with Crippen LogP contribution in [0.1, 0.15) is 17.0 Å². The third-order valence-electron chi connectivity index (χ3n) is 5.66. The molecular formula is C22H21F3N4O3S. The minimum absolute atomic E-state index is 0.00774. The van der Waals surface area contributed by atoms with E-state index < -0.39 is 45.2 Å². The number of carbonyl (C=O) groups excluding carboxylic acids is 1. The number of amides is 1. The number of sulfonamides is 1. The molecule has 0 spiro atoms. The van der Waals surface area contributed by atoms with Gasteiger partial charge in [-0.25, -0.2) is 26.6 Å². The lowest BCUT2D eigenvalue weighted by molar-refractivity contribution is -0.125. The highest BCUT2D eigenvalue weighted by Crippen LogP contribution is 2.36. The molecule has 0 radical (unpaired) electrons. The first kappa shape index (κ1) is 23.0. The molecular weight excluding hydrogens is 457 g/mol. The fourth-order valence-electron chi connectivity index (χ4n) is 3.90. The molecule has 1 aliphatic heterocycles. The van der Waals surface area contributed by atoms with E-state index >= 15 is 0 Å². The second-order valence-electron chi connectivity index (χ2n) is 7.93. The first-order chi connectivity index (χ1) is 15.6. The standard InChI is InChI=1S/C22H21F3N4O3S/c1-28-12-21(27-13-28)33(31,32)29-10-17(15-3-5-16(23)6-4-15)18(11-29)22(30)26-9-14-2-7-19(24)20(25)8-14/h2-8,12-13,17-18H,9-11H2,1H3,(H,26,30). The van der Waals surface area contributed by atoms with Crippen molar-refractivity contribution in [2.45, 2.75) is 17.5 Å². The van der Waals surface area contributed by atoms with Gasteiger partial charge in [0, 0.05) is 38.8 Å². The molecule has 0 saturated carbocycles. The van der Waals surface area contributed by atoms with Crippen LogP contribution in [0.3, 0.4) is 0 Å². The monoisotopic (exact) mass is 478 g/mol. The summed E-state index contributed by atoms with van der Waals surface area (Å²) < 4.78 is 68.9. The number of hydrogen-bond donors (Lipinski definition) is 1. The average molecular weight is 478 g/mol. The van der Waals surface area contributed by atoms with Crippen LogP contribution < -0.4 is 5.32 Å². The maximum atomic E-state index is 13.5. The largest absolute Gasteiger partial charge is 0.352 e. The summed E-state index contributed by atoms with van der Waals surface area (Å²) in [7, 11) is -2.31. The number of aryl methyl sites for hydroxylation is 1. The van der Waals surface area contributed by atoms with Crippen molar-refractivity contribution in [3.63, 3.8) is 0 Å². The molecule has 2 unspecified atom stereocenters. The Labute approximate surface area is 188 Å². The summed E-state index contributed by atoms with van der Waals surface area (Å²) in [5, 5.41) is 2.54. The van der Waals surface area contributed by atoms with E-state index in [0.29, 0.717) is 11.1 Å². The molecule has 3 aromatic rings. The van der Waals surface area contributed by atoms with Crippen molar-refractivity contribution in [2.75, 3.05) is 13.1 Å². The normalized spacial score (nSPS) is 19.0. The van der Waals surface area contributed by atoms with E-state index in [1.165, 1.54) is 51.7 Å². The molecule has 1 N–H and O–H groups in total. The molecule has 1 amide bonds. The summed E-state index contributed by atoms with van der Waals surface area (Å²) in [6.45, 7) is -0.159. The molecule has 11 heteroatoms. The molecule has 1 aliphatic rings. The van der Waals surface area contributed by atoms with Crippen molar-refractivity contribution in [2.24, 2.45) is 13.0 Å². The number of carbonyl (C=O) groups is 1. The van der Waals surface area contributed by atoms with E-state index in [9.17, 15) is 26.4 Å². The Kier molecular flexibility index (Phi) is 6.26. The van der Waals surface area contributed by atoms with Crippen molar-refractivity contribution >= 4 is 15.9 Å². The summed E-state index contributed by atoms with van der Waals surface area (Å²) in [6.07, 6.45) is 2.74. The molecule has 2 aromatic carbocycles. The van der Waals surface area contributed by atoms with Crippen LogP contribution in [-0.2, 0) is 28.4 Å². The molecule has 174 valence electrons. The van der Waals surface area contributed by atoms with Gasteiger partial charge in [-0.05, 0) is 35.4 Å². The van der Waals surface area contributed by atoms with Crippen molar-refractivity contribution in [3.8, 4) is 0 Å². The van der Waals surface area contributed by atoms with Crippen LogP contribution in [0.25, 0.3) is 0 Å². The van der Waals surface area contributed by atoms with Crippen molar-refractivity contribution in [1.29, 1.82) is 0 Å². The zero-order valence-corrected chi connectivity index (χ0v) is 18.4. The molecule has 1 fully saturated rings. The Bertz CT molecular complexity index is 1280. The Morgan fingerprint density at radius 1 is 1.09 bits per heavy atom. The maximum absolute atomic E-state index is 13.5. The Balaban J connectivity index is 1.58. The molecule has 7 nitrogen and oxygen atoms in total. The molecule has 33 heavy (non-hydrogen) atoms. The van der Waals surface area contributed by atoms with Crippen molar-refractivity contribution in [1.82, 2.24) is 19.2 Å². The number of benzene rings is 2. The van der Waals surface area contributed by atoms with E-state index in [1.807, 2.05) is 0 Å². The number of rotatable bonds is 6. The zero-order chi connectivity index (χ0) is 23.8. The van der Waals surface area contributed by atoms with Crippen LogP contribution >= 0.6 is 0 Å². The van der Waals surface area contributed by atoms with Crippen LogP contribution in [0.5, 0.6) is 0 Å². The lowest BCUT2D eigenvalue weighted by Gasteiger charge is -2.18. The Morgan fingerprint density at radius 3 is 2.45 bits per heavy atom. The predicted molar refractivity (Wildman–Crippen MR) is 113 cm³/mol. The van der Waals surface area contributed by atoms with Gasteiger partial charge in [-0.3, -0.25) is 4.79 Å². The van der Waals surface area contributed by atoms with E-state index in [0.717, 1.165) is 12.1 Å². The van der Waals surface area contributed by atoms with Gasteiger partial charge < -0.3 is 9.88 Å². The van der Waals surface area contributed by atoms with Crippen molar-refractivity contribution in [3.05, 3.63) is 83.6 Å². The van der Waals surface area contributed by atoms with E-state index in [2.05, 4.69) is 10.3 Å². The van der Waals surface area contributed by atoms with E-state index in [-0.39, 0.29) is 24.7 Å². The van der Waals surface area contributed by atoms with E-state index in [4.69, 9.17) is 0 Å². The quantitative estimate of drug-likeness (QED) is 0.590. The number of imidazole rings is 1. The van der Waals surface area contributed by atoms with Gasteiger partial charge in [0.2, 0.25) is 5.91 Å². The predicted octanol–water partition coefficient (Wildman–Crippen LogP) is 2.56. The highest BCUT2D eigenvalue weighted by molar-refractivity contribution is 7.89. The smallest absolute Gasteiger partial charge is 0.262 e. The minimum Gasteiger partial charge on any atom is -0.352 e. The molecule has 2 atom stereocenters. The second-order valence-corrected chi connectivity index (χ2v) is 9.82. The van der Waals surface area contributed by atoms with Gasteiger partial charge in [0.25, 0.3) is 10.0 Å². The van der Waals surface area contributed by atoms with Crippen molar-refractivity contribution < 1.29 is 26.4 Å². The number of hydrogen-bond acceptors (Lipinski definition) is 4. The third-order valence-corrected chi connectivity index (χ3v) is 7.37. The molecule has 1 saturated heterocycles. The third kappa shape index (κ3) is 4.79. The zero-order valence-electron chi connectivity index (χ0n) is 17.6. The number of nitrogens with one attached hydrogen (secondary N) is 1. The lowest BCUT2D eigenvalue weighted by atomic mass is 9.88. The fraction of sp³-hybridized carbons (Fsp3) is 0.273. The van der Waals surface area contributed by atoms with Gasteiger partial charge in [-0.1, -0.05) is 18.2 Å². The molecule has 1 aromatic heterocycles. The topological polar surface area (TPSA) is 84.3 Å². The first-order valence-electron chi connectivity index (χ1n) is 10.1. The van der Waals surface area contributed by atoms with Gasteiger partial charge in [-0.2, -0.15) is 4.31 Å². The molecule has 2 heterocycles. The number of aromatic nitrogens is 2. The van der Waals surface area contributed by atoms with Crippen LogP contribution in [0.2, 0.25) is 0 Å². The van der Waals surface area contributed by atoms with E-state index in [1.54, 1.807) is 7.05 Å². The number of nitrogens with zero attached hydrogens (tertiary/aromatic N) is 3. The maximum Gasteiger partial charge on any atom is 0.262 e. The van der Waals surface area contributed by atoms with Crippen LogP contribution in [0.4, 0.5) is 13.2 Å². The average Bonchev–Trinajstić information content (AvgIpc) is 3.42. The second kappa shape index (κ2) is 8.99. The van der Waals surface area contributed by atoms with Crippen LogP contribution in [0.15, 0.2) is 60.0 Å². The Morgan fingerprint density at radius 2 is 1.82 bits per heavy atom. The van der Waals surface area contributed by atoms with Gasteiger partial charge in [0.05, 0.1) is 12.2 Å². The summed E-state index contributed by atoms with van der Waals surface area (Å²) >= 11 is 0. The molecule has 4 rings (SSSR count). The summed E-state index contributed by atoms with van der Waals surface area (Å²) in [5.74, 6) is -4.23. The Hall–Kier alpha value is -3.18. The minimum atomic E-state index is -3.95. The summed E-state index contributed by atoms with van der Waals surface area (Å²) in [6, 6.07) is 8.85. The van der Waals surface area contributed by atoms with Crippen LogP contribution in [0, 0.1) is 23.4 Å². The van der Waals surface area contributed by atoms with Gasteiger partial charge in [0.15, 0.2) is 16.7 Å². The fourth-order valence-corrected chi connectivity index (χ4v) is 5.36. The first-order valence-corrected chi connectivity index (χ1v) is 11.5. The summed E-state index contributed by atoms with van der Waals surface area (Å²) in [4.78, 5) is 17.0. The number of halogens is 3. The highest BCUT2D eigenvalue weighted by atomic mass is 32.2. The molecule has 0 bridgehead atoms. The van der Waals surface area contributed by atoms with Gasteiger partial charge in [0.1, 0.15) is 5.82 Å². The van der Waals surface area contributed by atoms with Gasteiger partial charge in [-0.15, -0.1) is 0 Å². The van der Waals surface area contributed by atoms with Crippen LogP contribution in [-0.4, -0.2) is 41.3 Å². The summed E-state index contributed by atoms with van der Waals surface area (Å²) in [5.41, 5.74) is 0.972. The molecule has 0 aliphatic carbocycles. The lowest BCUT2D eigenvalue weighted by Crippen LogP contribution is -2.35. The SMILES string of the molecule is Cn1cnc(S(=O)(=O)N2CC(C(=O)NCc3ccc(F)c(F)c3)C(c3ccc(F)cc3)C2)c1. The van der Waals surface area contributed by atoms with Gasteiger partial charge >= 0.3 is 0 Å².